The molecule has 0 aliphatic carbocycles. The van der Waals surface area contributed by atoms with Crippen LogP contribution in [0, 0.1) is 0 Å². The summed E-state index contributed by atoms with van der Waals surface area (Å²) in [6, 6.07) is 5.03. The molecular weight excluding hydrogens is 437 g/mol. The van der Waals surface area contributed by atoms with E-state index in [9.17, 15) is 26.4 Å². The highest BCUT2D eigenvalue weighted by Gasteiger charge is 2.36. The Kier molecular flexibility index (Phi) is 6.36. The molecule has 1 aliphatic heterocycles. The largest absolute Gasteiger partial charge is 0.421 e. The Labute approximate surface area is 177 Å². The number of nitrogens with zero attached hydrogens (tertiary/aromatic N) is 3. The lowest BCUT2D eigenvalue weighted by Gasteiger charge is -2.22. The Hall–Kier alpha value is -2.93. The Morgan fingerprint density at radius 2 is 2.03 bits per heavy atom. The molecule has 1 aromatic heterocycles. The summed E-state index contributed by atoms with van der Waals surface area (Å²) in [7, 11) is -0.792. The van der Waals surface area contributed by atoms with Crippen molar-refractivity contribution in [1.29, 1.82) is 0 Å². The molecule has 0 saturated heterocycles. The van der Waals surface area contributed by atoms with E-state index in [-0.39, 0.29) is 42.8 Å². The second-order valence-electron chi connectivity index (χ2n) is 6.95. The van der Waals surface area contributed by atoms with Crippen molar-refractivity contribution < 1.29 is 26.4 Å². The first-order chi connectivity index (χ1) is 14.5. The topological polar surface area (TPSA) is 116 Å². The van der Waals surface area contributed by atoms with E-state index in [0.29, 0.717) is 17.6 Å². The minimum atomic E-state index is -4.68. The van der Waals surface area contributed by atoms with E-state index in [1.54, 1.807) is 18.2 Å². The SMILES string of the molecule is CNS(=O)(=O)CCCN(C)c1nc(Nc2ccc3c(c2)CC(=O)N3)ncc1C(F)(F)F. The summed E-state index contributed by atoms with van der Waals surface area (Å²) in [4.78, 5) is 20.5. The molecule has 0 radical (unpaired) electrons. The summed E-state index contributed by atoms with van der Waals surface area (Å²) in [6.45, 7) is 0.0348. The molecule has 13 heteroatoms. The molecule has 31 heavy (non-hydrogen) atoms. The maximum absolute atomic E-state index is 13.4. The molecule has 0 unspecified atom stereocenters. The van der Waals surface area contributed by atoms with Gasteiger partial charge in [0.2, 0.25) is 21.9 Å². The van der Waals surface area contributed by atoms with Crippen LogP contribution in [0.1, 0.15) is 17.5 Å². The van der Waals surface area contributed by atoms with Gasteiger partial charge in [0.1, 0.15) is 11.4 Å². The van der Waals surface area contributed by atoms with E-state index in [0.717, 1.165) is 5.56 Å². The number of aromatic nitrogens is 2. The highest BCUT2D eigenvalue weighted by atomic mass is 32.2. The van der Waals surface area contributed by atoms with Crippen molar-refractivity contribution in [3.05, 3.63) is 35.5 Å². The van der Waals surface area contributed by atoms with Gasteiger partial charge < -0.3 is 15.5 Å². The molecular formula is C18H21F3N6O3S. The van der Waals surface area contributed by atoms with Crippen molar-refractivity contribution in [3.8, 4) is 0 Å². The van der Waals surface area contributed by atoms with Crippen LogP contribution in [0.4, 0.5) is 36.3 Å². The number of carbonyl (C=O) groups excluding carboxylic acids is 1. The number of hydrogen-bond donors (Lipinski definition) is 3. The standard InChI is InChI=1S/C18H21F3N6O3S/c1-22-31(29,30)7-3-6-27(2)16-13(18(19,20)21)10-23-17(26-16)24-12-4-5-14-11(8-12)9-15(28)25-14/h4-5,8,10,22H,3,6-7,9H2,1-2H3,(H,25,28)(H,23,24,26). The van der Waals surface area contributed by atoms with Crippen molar-refractivity contribution in [1.82, 2.24) is 14.7 Å². The molecule has 3 rings (SSSR count). The smallest absolute Gasteiger partial charge is 0.359 e. The summed E-state index contributed by atoms with van der Waals surface area (Å²) in [5, 5.41) is 5.54. The van der Waals surface area contributed by atoms with E-state index in [4.69, 9.17) is 0 Å². The summed E-state index contributed by atoms with van der Waals surface area (Å²) in [5.74, 6) is -0.797. The number of fused-ring (bicyclic) bond motifs is 1. The zero-order valence-corrected chi connectivity index (χ0v) is 17.6. The van der Waals surface area contributed by atoms with Gasteiger partial charge in [-0.1, -0.05) is 0 Å². The zero-order valence-electron chi connectivity index (χ0n) is 16.7. The van der Waals surface area contributed by atoms with Crippen molar-refractivity contribution >= 4 is 39.1 Å². The van der Waals surface area contributed by atoms with Gasteiger partial charge in [0.15, 0.2) is 0 Å². The number of alkyl halides is 3. The van der Waals surface area contributed by atoms with Gasteiger partial charge in [0.25, 0.3) is 0 Å². The Bertz CT molecular complexity index is 1090. The summed E-state index contributed by atoms with van der Waals surface area (Å²) < 4.78 is 65.6. The molecule has 2 aromatic rings. The summed E-state index contributed by atoms with van der Waals surface area (Å²) >= 11 is 0. The van der Waals surface area contributed by atoms with Crippen LogP contribution in [0.25, 0.3) is 0 Å². The number of amides is 1. The van der Waals surface area contributed by atoms with Crippen LogP contribution in [0.3, 0.4) is 0 Å². The van der Waals surface area contributed by atoms with Gasteiger partial charge in [-0.25, -0.2) is 18.1 Å². The number of benzene rings is 1. The number of rotatable bonds is 8. The quantitative estimate of drug-likeness (QED) is 0.555. The summed E-state index contributed by atoms with van der Waals surface area (Å²) in [6.07, 6.45) is -3.68. The minimum absolute atomic E-state index is 0.0348. The fourth-order valence-corrected chi connectivity index (χ4v) is 3.77. The molecule has 1 aliphatic rings. The fourth-order valence-electron chi connectivity index (χ4n) is 3.06. The van der Waals surface area contributed by atoms with Crippen LogP contribution in [0.5, 0.6) is 0 Å². The van der Waals surface area contributed by atoms with Crippen LogP contribution in [0.2, 0.25) is 0 Å². The normalized spacial score (nSPS) is 13.6. The lowest BCUT2D eigenvalue weighted by atomic mass is 10.1. The average molecular weight is 458 g/mol. The third-order valence-electron chi connectivity index (χ3n) is 4.64. The fraction of sp³-hybridized carbons (Fsp3) is 0.389. The summed E-state index contributed by atoms with van der Waals surface area (Å²) in [5.41, 5.74) is 0.926. The van der Waals surface area contributed by atoms with Gasteiger partial charge in [-0.2, -0.15) is 18.2 Å². The molecule has 0 fully saturated rings. The van der Waals surface area contributed by atoms with E-state index < -0.39 is 21.8 Å². The molecule has 2 heterocycles. The monoisotopic (exact) mass is 458 g/mol. The van der Waals surface area contributed by atoms with Crippen LogP contribution < -0.4 is 20.3 Å². The van der Waals surface area contributed by atoms with E-state index in [1.165, 1.54) is 19.0 Å². The molecule has 168 valence electrons. The van der Waals surface area contributed by atoms with Gasteiger partial charge >= 0.3 is 6.18 Å². The Morgan fingerprint density at radius 3 is 2.71 bits per heavy atom. The number of halogens is 3. The Balaban J connectivity index is 1.82. The molecule has 1 amide bonds. The first kappa shape index (κ1) is 22.7. The molecule has 0 bridgehead atoms. The number of carbonyl (C=O) groups is 1. The highest BCUT2D eigenvalue weighted by molar-refractivity contribution is 7.89. The van der Waals surface area contributed by atoms with Crippen molar-refractivity contribution in [2.45, 2.75) is 19.0 Å². The van der Waals surface area contributed by atoms with Crippen molar-refractivity contribution in [2.75, 3.05) is 41.9 Å². The third-order valence-corrected chi connectivity index (χ3v) is 6.09. The first-order valence-corrected chi connectivity index (χ1v) is 10.9. The van der Waals surface area contributed by atoms with Gasteiger partial charge in [-0.05, 0) is 37.2 Å². The number of nitrogens with one attached hydrogen (secondary N) is 3. The maximum Gasteiger partial charge on any atom is 0.421 e. The third kappa shape index (κ3) is 5.61. The van der Waals surface area contributed by atoms with E-state index in [2.05, 4.69) is 25.3 Å². The molecule has 0 atom stereocenters. The van der Waals surface area contributed by atoms with E-state index >= 15 is 0 Å². The van der Waals surface area contributed by atoms with Gasteiger partial charge in [0, 0.05) is 31.2 Å². The predicted octanol–water partition coefficient (Wildman–Crippen LogP) is 2.11. The van der Waals surface area contributed by atoms with Crippen LogP contribution in [-0.2, 0) is 27.4 Å². The predicted molar refractivity (Wildman–Crippen MR) is 110 cm³/mol. The second-order valence-corrected chi connectivity index (χ2v) is 8.99. The second kappa shape index (κ2) is 8.67. The molecule has 0 spiro atoms. The maximum atomic E-state index is 13.4. The number of sulfonamides is 1. The molecule has 3 N–H and O–H groups in total. The van der Waals surface area contributed by atoms with Crippen LogP contribution in [-0.4, -0.2) is 50.7 Å². The lowest BCUT2D eigenvalue weighted by Crippen LogP contribution is -2.28. The van der Waals surface area contributed by atoms with Crippen molar-refractivity contribution in [2.24, 2.45) is 0 Å². The molecule has 1 aromatic carbocycles. The molecule has 9 nitrogen and oxygen atoms in total. The molecule has 0 saturated carbocycles. The van der Waals surface area contributed by atoms with Crippen molar-refractivity contribution in [3.63, 3.8) is 0 Å². The van der Waals surface area contributed by atoms with Gasteiger partial charge in [0.05, 0.1) is 12.2 Å². The van der Waals surface area contributed by atoms with Gasteiger partial charge in [-0.3, -0.25) is 4.79 Å². The average Bonchev–Trinajstić information content (AvgIpc) is 3.06. The van der Waals surface area contributed by atoms with E-state index in [1.807, 2.05) is 0 Å². The Morgan fingerprint density at radius 1 is 1.29 bits per heavy atom. The number of anilines is 4. The zero-order chi connectivity index (χ0) is 22.8. The minimum Gasteiger partial charge on any atom is -0.359 e. The lowest BCUT2D eigenvalue weighted by molar-refractivity contribution is -0.137. The van der Waals surface area contributed by atoms with Crippen LogP contribution >= 0.6 is 0 Å². The number of hydrogen-bond acceptors (Lipinski definition) is 7. The van der Waals surface area contributed by atoms with Crippen LogP contribution in [0.15, 0.2) is 24.4 Å². The van der Waals surface area contributed by atoms with Gasteiger partial charge in [-0.15, -0.1) is 0 Å². The highest BCUT2D eigenvalue weighted by Crippen LogP contribution is 2.36. The first-order valence-electron chi connectivity index (χ1n) is 9.25.